The molecule has 0 aliphatic heterocycles. The second-order valence-electron chi connectivity index (χ2n) is 13.5. The zero-order valence-corrected chi connectivity index (χ0v) is 26.4. The molecule has 226 valence electrons. The summed E-state index contributed by atoms with van der Waals surface area (Å²) in [5, 5.41) is 12.8. The van der Waals surface area contributed by atoms with Crippen LogP contribution in [0.4, 0.5) is 0 Å². The second-order valence-corrected chi connectivity index (χ2v) is 13.5. The Kier molecular flexibility index (Phi) is 4.77. The molecule has 0 fully saturated rings. The summed E-state index contributed by atoms with van der Waals surface area (Å²) in [5.41, 5.74) is 11.1. The second kappa shape index (κ2) is 9.12. The highest BCUT2D eigenvalue weighted by Crippen LogP contribution is 2.49. The van der Waals surface area contributed by atoms with Gasteiger partial charge in [-0.2, -0.15) is 0 Å². The van der Waals surface area contributed by atoms with E-state index < -0.39 is 0 Å². The standard InChI is InChI=1S/C46H27N3/c1-3-13-27(14-4-1)39(28-15-5-2-6-16-28)36-25-29-17-7-8-18-30(29)40-33-21-12-22-34-41-38(48(44(33)34)45(36)40)26-47-46-42(41)35-23-11-20-32-31-19-9-10-24-37(31)49(46)43(32)35/h1-26,39H. The number of rotatable bonds is 3. The molecule has 3 nitrogen and oxygen atoms in total. The molecule has 12 rings (SSSR count). The fraction of sp³-hybridized carbons (Fsp3) is 0.0217. The number of fused-ring (bicyclic) bond motifs is 15. The molecule has 0 atom stereocenters. The quantitative estimate of drug-likeness (QED) is 0.180. The third kappa shape index (κ3) is 3.11. The monoisotopic (exact) mass is 621 g/mol. The van der Waals surface area contributed by atoms with E-state index in [4.69, 9.17) is 4.98 Å². The van der Waals surface area contributed by atoms with Gasteiger partial charge in [0, 0.05) is 49.0 Å². The molecule has 5 aromatic heterocycles. The summed E-state index contributed by atoms with van der Waals surface area (Å²) in [6.07, 6.45) is 2.14. The molecule has 0 amide bonds. The van der Waals surface area contributed by atoms with Crippen molar-refractivity contribution in [2.75, 3.05) is 0 Å². The van der Waals surface area contributed by atoms with Gasteiger partial charge in [-0.25, -0.2) is 4.98 Å². The van der Waals surface area contributed by atoms with Crippen molar-refractivity contribution in [3.05, 3.63) is 175 Å². The van der Waals surface area contributed by atoms with Gasteiger partial charge in [0.1, 0.15) is 5.65 Å². The maximum Gasteiger partial charge on any atom is 0.146 e. The maximum absolute atomic E-state index is 5.34. The average Bonchev–Trinajstić information content (AvgIpc) is 3.89. The number of pyridine rings is 1. The van der Waals surface area contributed by atoms with E-state index in [2.05, 4.69) is 167 Å². The Balaban J connectivity index is 1.33. The molecule has 0 aliphatic rings. The molecule has 0 aliphatic carbocycles. The van der Waals surface area contributed by atoms with Crippen LogP contribution in [-0.4, -0.2) is 13.8 Å². The van der Waals surface area contributed by atoms with Crippen LogP contribution in [0.15, 0.2) is 158 Å². The fourth-order valence-corrected chi connectivity index (χ4v) is 9.27. The molecule has 7 aromatic carbocycles. The van der Waals surface area contributed by atoms with Gasteiger partial charge in [0.05, 0.1) is 33.8 Å². The van der Waals surface area contributed by atoms with Crippen LogP contribution in [0.25, 0.3) is 87.1 Å². The summed E-state index contributed by atoms with van der Waals surface area (Å²) in [6, 6.07) is 55.7. The van der Waals surface area contributed by atoms with Crippen molar-refractivity contribution in [3.63, 3.8) is 0 Å². The molecule has 0 saturated heterocycles. The van der Waals surface area contributed by atoms with Crippen LogP contribution in [0.2, 0.25) is 0 Å². The molecule has 0 spiro atoms. The summed E-state index contributed by atoms with van der Waals surface area (Å²) in [4.78, 5) is 5.34. The Hall–Kier alpha value is -6.45. The lowest BCUT2D eigenvalue weighted by Gasteiger charge is -2.21. The number of nitrogens with zero attached hydrogens (tertiary/aromatic N) is 3. The van der Waals surface area contributed by atoms with Crippen molar-refractivity contribution in [2.45, 2.75) is 5.92 Å². The van der Waals surface area contributed by atoms with Gasteiger partial charge in [-0.3, -0.25) is 4.40 Å². The lowest BCUT2D eigenvalue weighted by atomic mass is 9.83. The zero-order valence-electron chi connectivity index (χ0n) is 26.4. The summed E-state index contributed by atoms with van der Waals surface area (Å²) < 4.78 is 4.94. The Bertz CT molecular complexity index is 3220. The van der Waals surface area contributed by atoms with Crippen LogP contribution >= 0.6 is 0 Å². The van der Waals surface area contributed by atoms with Crippen molar-refractivity contribution in [1.29, 1.82) is 0 Å². The molecule has 3 heteroatoms. The molecule has 0 bridgehead atoms. The van der Waals surface area contributed by atoms with Crippen LogP contribution in [-0.2, 0) is 0 Å². The molecule has 5 heterocycles. The van der Waals surface area contributed by atoms with Gasteiger partial charge in [0.25, 0.3) is 0 Å². The van der Waals surface area contributed by atoms with E-state index in [1.165, 1.54) is 92.6 Å². The maximum atomic E-state index is 5.34. The first kappa shape index (κ1) is 25.6. The number of benzene rings is 7. The lowest BCUT2D eigenvalue weighted by Crippen LogP contribution is -2.05. The van der Waals surface area contributed by atoms with Gasteiger partial charge < -0.3 is 4.40 Å². The van der Waals surface area contributed by atoms with Gasteiger partial charge in [-0.1, -0.05) is 140 Å². The van der Waals surface area contributed by atoms with Crippen LogP contribution in [0.1, 0.15) is 22.6 Å². The highest BCUT2D eigenvalue weighted by molar-refractivity contribution is 6.36. The highest BCUT2D eigenvalue weighted by Gasteiger charge is 2.28. The van der Waals surface area contributed by atoms with Crippen molar-refractivity contribution >= 4 is 87.1 Å². The normalized spacial score (nSPS) is 12.7. The Morgan fingerprint density at radius 3 is 1.73 bits per heavy atom. The SMILES string of the molecule is c1ccc(C(c2ccccc2)c2cc3ccccc3c3c4cccc5c6c7c8cccc9c%10ccccc%10n(c7ncc6n(c23)c54)c98)cc1. The smallest absolute Gasteiger partial charge is 0.146 e. The van der Waals surface area contributed by atoms with Crippen molar-refractivity contribution in [2.24, 2.45) is 0 Å². The van der Waals surface area contributed by atoms with E-state index in [9.17, 15) is 0 Å². The van der Waals surface area contributed by atoms with E-state index in [0.717, 1.165) is 11.2 Å². The van der Waals surface area contributed by atoms with E-state index in [1.54, 1.807) is 0 Å². The number of aromatic nitrogens is 3. The van der Waals surface area contributed by atoms with Gasteiger partial charge in [0.2, 0.25) is 0 Å². The van der Waals surface area contributed by atoms with Crippen molar-refractivity contribution in [1.82, 2.24) is 13.8 Å². The van der Waals surface area contributed by atoms with Crippen LogP contribution in [0, 0.1) is 0 Å². The predicted octanol–water partition coefficient (Wildman–Crippen LogP) is 11.7. The summed E-state index contributed by atoms with van der Waals surface area (Å²) in [7, 11) is 0. The summed E-state index contributed by atoms with van der Waals surface area (Å²) in [5.74, 6) is 0.0471. The van der Waals surface area contributed by atoms with E-state index in [1.807, 2.05) is 0 Å². The average molecular weight is 622 g/mol. The number of hydrogen-bond donors (Lipinski definition) is 0. The number of hydrogen-bond acceptors (Lipinski definition) is 1. The Morgan fingerprint density at radius 1 is 0.408 bits per heavy atom. The van der Waals surface area contributed by atoms with E-state index >= 15 is 0 Å². The Labute approximate surface area is 280 Å². The fourth-order valence-electron chi connectivity index (χ4n) is 9.27. The van der Waals surface area contributed by atoms with Gasteiger partial charge in [-0.15, -0.1) is 0 Å². The third-order valence-corrected chi connectivity index (χ3v) is 11.1. The first-order chi connectivity index (χ1) is 24.4. The topological polar surface area (TPSA) is 21.7 Å². The molecule has 0 N–H and O–H groups in total. The molecule has 12 aromatic rings. The van der Waals surface area contributed by atoms with Gasteiger partial charge in [0.15, 0.2) is 0 Å². The first-order valence-corrected chi connectivity index (χ1v) is 17.0. The van der Waals surface area contributed by atoms with Crippen molar-refractivity contribution in [3.8, 4) is 0 Å². The van der Waals surface area contributed by atoms with Crippen LogP contribution in [0.5, 0.6) is 0 Å². The molecule has 49 heavy (non-hydrogen) atoms. The molecular weight excluding hydrogens is 595 g/mol. The molecule has 0 unspecified atom stereocenters. The zero-order chi connectivity index (χ0) is 31.8. The highest BCUT2D eigenvalue weighted by atomic mass is 15.0. The van der Waals surface area contributed by atoms with Gasteiger partial charge >= 0.3 is 0 Å². The molecule has 0 saturated carbocycles. The van der Waals surface area contributed by atoms with Crippen LogP contribution in [0.3, 0.4) is 0 Å². The van der Waals surface area contributed by atoms with E-state index in [-0.39, 0.29) is 5.92 Å². The van der Waals surface area contributed by atoms with Crippen molar-refractivity contribution < 1.29 is 0 Å². The predicted molar refractivity (Wildman–Crippen MR) is 205 cm³/mol. The molecule has 0 radical (unpaired) electrons. The third-order valence-electron chi connectivity index (χ3n) is 11.1. The lowest BCUT2D eigenvalue weighted by molar-refractivity contribution is 0.985. The minimum absolute atomic E-state index is 0.0471. The minimum atomic E-state index is 0.0471. The Morgan fingerprint density at radius 2 is 0.980 bits per heavy atom. The minimum Gasteiger partial charge on any atom is -0.306 e. The van der Waals surface area contributed by atoms with Crippen LogP contribution < -0.4 is 0 Å². The van der Waals surface area contributed by atoms with E-state index in [0.29, 0.717) is 0 Å². The van der Waals surface area contributed by atoms with Gasteiger partial charge in [-0.05, 0) is 39.6 Å². The largest absolute Gasteiger partial charge is 0.306 e. The summed E-state index contributed by atoms with van der Waals surface area (Å²) in [6.45, 7) is 0. The molecular formula is C46H27N3. The summed E-state index contributed by atoms with van der Waals surface area (Å²) >= 11 is 0. The first-order valence-electron chi connectivity index (χ1n) is 17.0. The number of para-hydroxylation sites is 3.